The predicted molar refractivity (Wildman–Crippen MR) is 102 cm³/mol. The number of carbonyl (C=O) groups excluding carboxylic acids is 1. The Morgan fingerprint density at radius 2 is 2.13 bits per heavy atom. The molecule has 7 heteroatoms. The Balaban J connectivity index is 2.04. The number of carbonyl (C=O) groups is 1. The van der Waals surface area contributed by atoms with Crippen LogP contribution in [-0.2, 0) is 4.79 Å². The number of rotatable bonds is 5. The number of nitrogens with one attached hydrogen (secondary N) is 2. The summed E-state index contributed by atoms with van der Waals surface area (Å²) in [5, 5.41) is 3.39. The summed E-state index contributed by atoms with van der Waals surface area (Å²) in [5.41, 5.74) is 2.37. The Bertz CT molecular complexity index is 774. The second-order valence-corrected chi connectivity index (χ2v) is 7.62. The van der Waals surface area contributed by atoms with Gasteiger partial charge in [0.05, 0.1) is 5.75 Å². The fourth-order valence-electron chi connectivity index (χ4n) is 2.07. The third-order valence-electron chi connectivity index (χ3n) is 3.10. The maximum absolute atomic E-state index is 12.2. The second kappa shape index (κ2) is 7.96. The molecule has 0 unspecified atom stereocenters. The van der Waals surface area contributed by atoms with Crippen LogP contribution in [0.4, 0.5) is 5.69 Å². The van der Waals surface area contributed by atoms with E-state index in [1.165, 1.54) is 17.8 Å². The Morgan fingerprint density at radius 3 is 2.78 bits per heavy atom. The molecule has 2 aromatic rings. The van der Waals surface area contributed by atoms with E-state index in [-0.39, 0.29) is 17.2 Å². The van der Waals surface area contributed by atoms with Crippen LogP contribution in [0.25, 0.3) is 0 Å². The molecule has 5 nitrogen and oxygen atoms in total. The van der Waals surface area contributed by atoms with Crippen molar-refractivity contribution in [3.8, 4) is 0 Å². The van der Waals surface area contributed by atoms with Gasteiger partial charge < -0.3 is 10.3 Å². The van der Waals surface area contributed by atoms with Crippen molar-refractivity contribution in [3.05, 3.63) is 49.4 Å². The van der Waals surface area contributed by atoms with Gasteiger partial charge in [0.15, 0.2) is 5.16 Å². The van der Waals surface area contributed by atoms with Gasteiger partial charge >= 0.3 is 0 Å². The molecule has 1 heterocycles. The number of thioether (sulfide) groups is 1. The van der Waals surface area contributed by atoms with Crippen LogP contribution in [0.1, 0.15) is 31.0 Å². The highest BCUT2D eigenvalue weighted by atomic mass is 127. The molecule has 0 spiro atoms. The summed E-state index contributed by atoms with van der Waals surface area (Å²) in [6.45, 7) is 5.94. The van der Waals surface area contributed by atoms with E-state index in [4.69, 9.17) is 0 Å². The van der Waals surface area contributed by atoms with Crippen LogP contribution in [0, 0.1) is 10.5 Å². The summed E-state index contributed by atoms with van der Waals surface area (Å²) in [6.07, 6.45) is 0. The molecule has 0 bridgehead atoms. The van der Waals surface area contributed by atoms with Crippen molar-refractivity contribution in [1.82, 2.24) is 9.97 Å². The highest BCUT2D eigenvalue weighted by Crippen LogP contribution is 2.26. The van der Waals surface area contributed by atoms with E-state index in [1.54, 1.807) is 6.92 Å². The molecule has 0 saturated carbocycles. The van der Waals surface area contributed by atoms with Crippen molar-refractivity contribution in [2.75, 3.05) is 11.1 Å². The largest absolute Gasteiger partial charge is 0.325 e. The highest BCUT2D eigenvalue weighted by Gasteiger charge is 2.11. The first kappa shape index (κ1) is 18.0. The van der Waals surface area contributed by atoms with Gasteiger partial charge in [-0.3, -0.25) is 9.59 Å². The zero-order chi connectivity index (χ0) is 17.0. The SMILES string of the molecule is Cc1cc(=O)[nH]c(SCC(=O)Nc2ccc(I)cc2C(C)C)n1. The molecule has 0 fully saturated rings. The smallest absolute Gasteiger partial charge is 0.251 e. The molecule has 1 amide bonds. The number of anilines is 1. The number of hydrogen-bond donors (Lipinski definition) is 2. The summed E-state index contributed by atoms with van der Waals surface area (Å²) >= 11 is 3.47. The lowest BCUT2D eigenvalue weighted by atomic mass is 10.0. The highest BCUT2D eigenvalue weighted by molar-refractivity contribution is 14.1. The van der Waals surface area contributed by atoms with Gasteiger partial charge in [-0.05, 0) is 59.2 Å². The molecular formula is C16H18IN3O2S. The maximum Gasteiger partial charge on any atom is 0.251 e. The normalized spacial score (nSPS) is 10.8. The van der Waals surface area contributed by atoms with Gasteiger partial charge in [0.2, 0.25) is 5.91 Å². The zero-order valence-electron chi connectivity index (χ0n) is 13.1. The third kappa shape index (κ3) is 5.35. The van der Waals surface area contributed by atoms with Crippen LogP contribution in [0.3, 0.4) is 0 Å². The Morgan fingerprint density at radius 1 is 1.39 bits per heavy atom. The van der Waals surface area contributed by atoms with E-state index in [0.29, 0.717) is 16.8 Å². The van der Waals surface area contributed by atoms with Crippen molar-refractivity contribution in [3.63, 3.8) is 0 Å². The van der Waals surface area contributed by atoms with Gasteiger partial charge in [-0.25, -0.2) is 4.98 Å². The number of aromatic nitrogens is 2. The third-order valence-corrected chi connectivity index (χ3v) is 4.64. The molecule has 23 heavy (non-hydrogen) atoms. The van der Waals surface area contributed by atoms with Crippen LogP contribution in [-0.4, -0.2) is 21.6 Å². The number of aryl methyl sites for hydroxylation is 1. The van der Waals surface area contributed by atoms with Crippen molar-refractivity contribution in [2.45, 2.75) is 31.8 Å². The van der Waals surface area contributed by atoms with Gasteiger partial charge in [0.25, 0.3) is 5.56 Å². The molecule has 0 aliphatic carbocycles. The molecule has 2 rings (SSSR count). The molecule has 1 aromatic heterocycles. The summed E-state index contributed by atoms with van der Waals surface area (Å²) in [7, 11) is 0. The fourth-order valence-corrected chi connectivity index (χ4v) is 3.30. The van der Waals surface area contributed by atoms with E-state index in [0.717, 1.165) is 14.8 Å². The number of aromatic amines is 1. The van der Waals surface area contributed by atoms with Crippen LogP contribution in [0.2, 0.25) is 0 Å². The number of hydrogen-bond acceptors (Lipinski definition) is 4. The number of nitrogens with zero attached hydrogens (tertiary/aromatic N) is 1. The van der Waals surface area contributed by atoms with Gasteiger partial charge in [-0.1, -0.05) is 25.6 Å². The number of H-pyrrole nitrogens is 1. The molecule has 2 N–H and O–H groups in total. The van der Waals surface area contributed by atoms with E-state index < -0.39 is 0 Å². The Hall–Kier alpha value is -1.35. The summed E-state index contributed by atoms with van der Waals surface area (Å²) < 4.78 is 1.14. The molecule has 0 atom stereocenters. The van der Waals surface area contributed by atoms with Crippen LogP contribution >= 0.6 is 34.4 Å². The van der Waals surface area contributed by atoms with Gasteiger partial charge in [0.1, 0.15) is 0 Å². The average Bonchev–Trinajstić information content (AvgIpc) is 2.46. The van der Waals surface area contributed by atoms with Gasteiger partial charge in [-0.2, -0.15) is 0 Å². The van der Waals surface area contributed by atoms with E-state index >= 15 is 0 Å². The molecular weight excluding hydrogens is 425 g/mol. The summed E-state index contributed by atoms with van der Waals surface area (Å²) in [5.74, 6) is 0.389. The number of benzene rings is 1. The lowest BCUT2D eigenvalue weighted by Crippen LogP contribution is -2.17. The maximum atomic E-state index is 12.2. The standard InChI is InChI=1S/C16H18IN3O2S/c1-9(2)12-7-11(17)4-5-13(12)19-15(22)8-23-16-18-10(3)6-14(21)20-16/h4-7,9H,8H2,1-3H3,(H,19,22)(H,18,20,21). The van der Waals surface area contributed by atoms with Gasteiger partial charge in [-0.15, -0.1) is 0 Å². The van der Waals surface area contributed by atoms with E-state index in [9.17, 15) is 9.59 Å². The molecule has 122 valence electrons. The molecule has 0 radical (unpaired) electrons. The number of amides is 1. The lowest BCUT2D eigenvalue weighted by Gasteiger charge is -2.14. The minimum Gasteiger partial charge on any atom is -0.325 e. The Labute approximate surface area is 152 Å². The van der Waals surface area contributed by atoms with Crippen LogP contribution in [0.15, 0.2) is 34.2 Å². The van der Waals surface area contributed by atoms with Crippen LogP contribution in [0.5, 0.6) is 0 Å². The Kier molecular flexibility index (Phi) is 6.23. The fraction of sp³-hybridized carbons (Fsp3) is 0.312. The first-order chi connectivity index (χ1) is 10.8. The predicted octanol–water partition coefficient (Wildman–Crippen LogP) is 3.54. The van der Waals surface area contributed by atoms with Crippen LogP contribution < -0.4 is 10.9 Å². The topological polar surface area (TPSA) is 74.8 Å². The zero-order valence-corrected chi connectivity index (χ0v) is 16.1. The van der Waals surface area contributed by atoms with Gasteiger partial charge in [0, 0.05) is 21.0 Å². The van der Waals surface area contributed by atoms with E-state index in [1.807, 2.05) is 12.1 Å². The monoisotopic (exact) mass is 443 g/mol. The molecule has 0 saturated heterocycles. The summed E-state index contributed by atoms with van der Waals surface area (Å²) in [4.78, 5) is 30.4. The van der Waals surface area contributed by atoms with Crippen molar-refractivity contribution in [2.24, 2.45) is 0 Å². The first-order valence-corrected chi connectivity index (χ1v) is 9.21. The quantitative estimate of drug-likeness (QED) is 0.421. The lowest BCUT2D eigenvalue weighted by molar-refractivity contribution is -0.113. The first-order valence-electron chi connectivity index (χ1n) is 7.15. The second-order valence-electron chi connectivity index (χ2n) is 5.42. The average molecular weight is 443 g/mol. The minimum atomic E-state index is -0.208. The minimum absolute atomic E-state index is 0.123. The molecule has 1 aromatic carbocycles. The van der Waals surface area contributed by atoms with Crippen molar-refractivity contribution in [1.29, 1.82) is 0 Å². The summed E-state index contributed by atoms with van der Waals surface area (Å²) in [6, 6.07) is 7.39. The number of halogens is 1. The molecule has 0 aliphatic heterocycles. The van der Waals surface area contributed by atoms with E-state index in [2.05, 4.69) is 57.8 Å². The van der Waals surface area contributed by atoms with Crippen molar-refractivity contribution < 1.29 is 4.79 Å². The molecule has 0 aliphatic rings. The van der Waals surface area contributed by atoms with Crippen molar-refractivity contribution >= 4 is 45.9 Å².